The van der Waals surface area contributed by atoms with Crippen LogP contribution in [0.25, 0.3) is 0 Å². The van der Waals surface area contributed by atoms with Crippen molar-refractivity contribution in [2.45, 2.75) is 88.8 Å². The molecule has 4 saturated carbocycles. The summed E-state index contributed by atoms with van der Waals surface area (Å²) in [5.41, 5.74) is -2.52. The molecular weight excluding hydrogens is 348 g/mol. The molecule has 6 N–H and O–H groups in total. The Morgan fingerprint density at radius 1 is 0.963 bits per heavy atom. The molecule has 0 aromatic heterocycles. The van der Waals surface area contributed by atoms with Gasteiger partial charge in [0.2, 0.25) is 0 Å². The summed E-state index contributed by atoms with van der Waals surface area (Å²) in [7, 11) is 0. The van der Waals surface area contributed by atoms with Crippen LogP contribution in [0, 0.1) is 34.5 Å². The van der Waals surface area contributed by atoms with Crippen LogP contribution in [0.2, 0.25) is 0 Å². The maximum absolute atomic E-state index is 11.3. The third-order valence-electron chi connectivity index (χ3n) is 9.69. The molecule has 0 aromatic rings. The van der Waals surface area contributed by atoms with Gasteiger partial charge in [-0.1, -0.05) is 13.8 Å². The van der Waals surface area contributed by atoms with Gasteiger partial charge in [-0.3, -0.25) is 0 Å². The van der Waals surface area contributed by atoms with E-state index < -0.39 is 35.9 Å². The van der Waals surface area contributed by atoms with Crippen LogP contribution in [0.3, 0.4) is 0 Å². The predicted octanol–water partition coefficient (Wildman–Crippen LogP) is 0.416. The zero-order chi connectivity index (χ0) is 19.8. The minimum Gasteiger partial charge on any atom is -0.394 e. The molecule has 11 atom stereocenters. The van der Waals surface area contributed by atoms with Gasteiger partial charge in [0.15, 0.2) is 0 Å². The van der Waals surface area contributed by atoms with E-state index in [1.165, 1.54) is 0 Å². The molecule has 0 spiro atoms. The van der Waals surface area contributed by atoms with Crippen molar-refractivity contribution in [2.75, 3.05) is 6.61 Å². The second kappa shape index (κ2) is 6.38. The number of aliphatic hydroxyl groups excluding tert-OH is 5. The van der Waals surface area contributed by atoms with Crippen molar-refractivity contribution >= 4 is 0 Å². The van der Waals surface area contributed by atoms with Crippen LogP contribution in [0.15, 0.2) is 0 Å². The van der Waals surface area contributed by atoms with Gasteiger partial charge in [0.25, 0.3) is 0 Å². The van der Waals surface area contributed by atoms with Gasteiger partial charge >= 0.3 is 0 Å². The number of hydrogen-bond acceptors (Lipinski definition) is 6. The Bertz CT molecular complexity index is 585. The zero-order valence-corrected chi connectivity index (χ0v) is 16.5. The molecule has 0 radical (unpaired) electrons. The van der Waals surface area contributed by atoms with E-state index in [4.69, 9.17) is 0 Å². The van der Waals surface area contributed by atoms with Gasteiger partial charge in [-0.05, 0) is 74.0 Å². The van der Waals surface area contributed by atoms with E-state index in [9.17, 15) is 30.6 Å². The first kappa shape index (κ1) is 20.0. The highest BCUT2D eigenvalue weighted by Gasteiger charge is 2.70. The molecule has 27 heavy (non-hydrogen) atoms. The molecule has 4 aliphatic rings. The van der Waals surface area contributed by atoms with Gasteiger partial charge in [0.05, 0.1) is 24.9 Å². The van der Waals surface area contributed by atoms with Gasteiger partial charge in [0, 0.05) is 5.41 Å². The van der Waals surface area contributed by atoms with Crippen LogP contribution >= 0.6 is 0 Å². The van der Waals surface area contributed by atoms with Crippen molar-refractivity contribution in [1.29, 1.82) is 0 Å². The molecule has 5 unspecified atom stereocenters. The fourth-order valence-electron chi connectivity index (χ4n) is 7.94. The largest absolute Gasteiger partial charge is 0.394 e. The number of rotatable bonds is 2. The molecule has 0 heterocycles. The summed E-state index contributed by atoms with van der Waals surface area (Å²) in [5.74, 6) is 0.254. The van der Waals surface area contributed by atoms with Crippen molar-refractivity contribution in [3.05, 3.63) is 0 Å². The fourth-order valence-corrected chi connectivity index (χ4v) is 7.94. The summed E-state index contributed by atoms with van der Waals surface area (Å²) in [5, 5.41) is 63.6. The smallest absolute Gasteiger partial charge is 0.106 e. The molecule has 0 bridgehead atoms. The van der Waals surface area contributed by atoms with Gasteiger partial charge in [-0.25, -0.2) is 0 Å². The lowest BCUT2D eigenvalue weighted by atomic mass is 9.43. The fraction of sp³-hybridized carbons (Fsp3) is 1.00. The summed E-state index contributed by atoms with van der Waals surface area (Å²) in [6, 6.07) is 0. The van der Waals surface area contributed by atoms with Crippen molar-refractivity contribution < 1.29 is 30.6 Å². The molecule has 6 heteroatoms. The predicted molar refractivity (Wildman–Crippen MR) is 98.6 cm³/mol. The first-order chi connectivity index (χ1) is 12.6. The monoisotopic (exact) mass is 384 g/mol. The van der Waals surface area contributed by atoms with Crippen molar-refractivity contribution in [1.82, 2.24) is 0 Å². The molecule has 4 aliphatic carbocycles. The lowest BCUT2D eigenvalue weighted by molar-refractivity contribution is -0.250. The summed E-state index contributed by atoms with van der Waals surface area (Å²) in [6.45, 7) is 3.54. The zero-order valence-electron chi connectivity index (χ0n) is 16.5. The second-order valence-corrected chi connectivity index (χ2v) is 10.4. The van der Waals surface area contributed by atoms with E-state index in [1.807, 2.05) is 6.92 Å². The molecule has 0 aromatic carbocycles. The van der Waals surface area contributed by atoms with Crippen LogP contribution in [-0.4, -0.2) is 67.3 Å². The van der Waals surface area contributed by atoms with E-state index in [-0.39, 0.29) is 35.2 Å². The van der Waals surface area contributed by atoms with E-state index in [1.54, 1.807) is 0 Å². The highest BCUT2D eigenvalue weighted by molar-refractivity contribution is 5.19. The standard InChI is InChI=1S/C21H36O6/c1-19-5-3-12(23)7-11(19)8-15(24)18-13-4-6-21(27,17(26)10-22)20(13,2)16(25)9-14(18)19/h11-18,22-27H,3-10H2,1-2H3/t11-,12+,13?,14?,15?,16-,17?,18?,19-,20+,21-/m0/s1. The number of fused-ring (bicyclic) bond motifs is 5. The van der Waals surface area contributed by atoms with Gasteiger partial charge in [-0.2, -0.15) is 0 Å². The second-order valence-electron chi connectivity index (χ2n) is 10.4. The van der Waals surface area contributed by atoms with E-state index >= 15 is 0 Å². The minimum atomic E-state index is -1.54. The topological polar surface area (TPSA) is 121 Å². The maximum atomic E-state index is 11.3. The summed E-state index contributed by atoms with van der Waals surface area (Å²) in [4.78, 5) is 0. The molecule has 0 aliphatic heterocycles. The Balaban J connectivity index is 1.72. The highest BCUT2D eigenvalue weighted by Crippen LogP contribution is 2.68. The Hall–Kier alpha value is -0.240. The minimum absolute atomic E-state index is 0.0261. The van der Waals surface area contributed by atoms with Gasteiger partial charge < -0.3 is 30.6 Å². The van der Waals surface area contributed by atoms with Crippen molar-refractivity contribution in [2.24, 2.45) is 34.5 Å². The van der Waals surface area contributed by atoms with Gasteiger partial charge in [0.1, 0.15) is 11.7 Å². The molecule has 4 fully saturated rings. The maximum Gasteiger partial charge on any atom is 0.106 e. The Labute approximate surface area is 161 Å². The van der Waals surface area contributed by atoms with E-state index in [0.29, 0.717) is 32.1 Å². The summed E-state index contributed by atoms with van der Waals surface area (Å²) >= 11 is 0. The molecule has 156 valence electrons. The van der Waals surface area contributed by atoms with E-state index in [0.717, 1.165) is 12.8 Å². The summed E-state index contributed by atoms with van der Waals surface area (Å²) < 4.78 is 0. The van der Waals surface area contributed by atoms with Crippen LogP contribution < -0.4 is 0 Å². The molecule has 0 amide bonds. The first-order valence-electron chi connectivity index (χ1n) is 10.6. The van der Waals surface area contributed by atoms with Crippen LogP contribution in [0.4, 0.5) is 0 Å². The molecule has 4 rings (SSSR count). The summed E-state index contributed by atoms with van der Waals surface area (Å²) in [6.07, 6.45) is 1.53. The Morgan fingerprint density at radius 3 is 2.33 bits per heavy atom. The van der Waals surface area contributed by atoms with Crippen LogP contribution in [-0.2, 0) is 0 Å². The third-order valence-corrected chi connectivity index (χ3v) is 9.69. The Kier molecular flexibility index (Phi) is 4.74. The SMILES string of the molecule is C[C@]12CC[C@@H](O)C[C@H]1CC(O)C1C2C[C@H](O)[C@@]2(C)C1CC[C@]2(O)C(O)CO. The Morgan fingerprint density at radius 2 is 1.67 bits per heavy atom. The third kappa shape index (κ3) is 2.47. The highest BCUT2D eigenvalue weighted by atomic mass is 16.4. The van der Waals surface area contributed by atoms with Crippen LogP contribution in [0.1, 0.15) is 58.8 Å². The average molecular weight is 385 g/mol. The molecule has 0 saturated heterocycles. The number of hydrogen-bond donors (Lipinski definition) is 6. The number of aliphatic hydroxyl groups is 6. The van der Waals surface area contributed by atoms with E-state index in [2.05, 4.69) is 6.92 Å². The normalized spacial score (nSPS) is 58.9. The van der Waals surface area contributed by atoms with Crippen LogP contribution in [0.5, 0.6) is 0 Å². The first-order valence-corrected chi connectivity index (χ1v) is 10.6. The quantitative estimate of drug-likeness (QED) is 0.410. The molecular formula is C21H36O6. The van der Waals surface area contributed by atoms with Crippen molar-refractivity contribution in [3.63, 3.8) is 0 Å². The average Bonchev–Trinajstić information content (AvgIpc) is 2.91. The van der Waals surface area contributed by atoms with Crippen molar-refractivity contribution in [3.8, 4) is 0 Å². The lowest BCUT2D eigenvalue weighted by Gasteiger charge is -2.64. The van der Waals surface area contributed by atoms with Gasteiger partial charge in [-0.15, -0.1) is 0 Å². The lowest BCUT2D eigenvalue weighted by Crippen LogP contribution is -2.67. The molecule has 6 nitrogen and oxygen atoms in total.